The van der Waals surface area contributed by atoms with Gasteiger partial charge in [0.15, 0.2) is 6.29 Å². The van der Waals surface area contributed by atoms with E-state index in [9.17, 15) is 40.2 Å². The van der Waals surface area contributed by atoms with Gasteiger partial charge in [-0.1, -0.05) is 30.3 Å². The number of carboxylic acids is 1. The molecule has 0 radical (unpaired) electrons. The van der Waals surface area contributed by atoms with E-state index in [1.54, 1.807) is 30.3 Å². The van der Waals surface area contributed by atoms with Crippen LogP contribution in [0.4, 0.5) is 0 Å². The van der Waals surface area contributed by atoms with Crippen molar-refractivity contribution >= 4 is 23.0 Å². The highest BCUT2D eigenvalue weighted by atomic mass is 16.4. The minimum absolute atomic E-state index is 0.00594. The van der Waals surface area contributed by atoms with Crippen molar-refractivity contribution in [2.45, 2.75) is 43.4 Å². The molecular weight excluding hydrogens is 356 g/mol. The zero-order valence-electron chi connectivity index (χ0n) is 14.6. The maximum Gasteiger partial charge on any atom is 0.336 e. The smallest absolute Gasteiger partial charge is 0.336 e. The number of aliphatic hydroxyl groups is 5. The topological polar surface area (TPSA) is 156 Å². The molecule has 2 rings (SSSR count). The van der Waals surface area contributed by atoms with Crippen LogP contribution in [0, 0.1) is 0 Å². The Morgan fingerprint density at radius 1 is 1.07 bits per heavy atom. The molecule has 0 aromatic heterocycles. The molecule has 1 unspecified atom stereocenters. The van der Waals surface area contributed by atoms with Crippen molar-refractivity contribution in [3.63, 3.8) is 0 Å². The molecule has 0 heterocycles. The fraction of sp³-hybridized carbons (Fsp3) is 0.368. The Labute approximate surface area is 154 Å². The van der Waals surface area contributed by atoms with E-state index < -0.39 is 42.4 Å². The molecule has 0 aliphatic rings. The maximum atomic E-state index is 11.6. The molecule has 0 aliphatic carbocycles. The summed E-state index contributed by atoms with van der Waals surface area (Å²) in [6, 6.07) is 9.70. The third-order valence-electron chi connectivity index (χ3n) is 4.54. The monoisotopic (exact) mass is 378 g/mol. The van der Waals surface area contributed by atoms with Gasteiger partial charge in [-0.3, -0.25) is 0 Å². The predicted molar refractivity (Wildman–Crippen MR) is 95.2 cm³/mol. The van der Waals surface area contributed by atoms with Crippen LogP contribution < -0.4 is 0 Å². The number of aliphatic hydroxyl groups excluding tert-OH is 4. The lowest BCUT2D eigenvalue weighted by Crippen LogP contribution is -2.47. The van der Waals surface area contributed by atoms with Gasteiger partial charge in [0.05, 0.1) is 17.3 Å². The Morgan fingerprint density at radius 2 is 1.70 bits per heavy atom. The molecule has 5 atom stereocenters. The minimum Gasteiger partial charge on any atom is -0.478 e. The van der Waals surface area contributed by atoms with Crippen LogP contribution >= 0.6 is 0 Å². The number of fused-ring (bicyclic) bond motifs is 1. The van der Waals surface area contributed by atoms with Crippen molar-refractivity contribution in [3.05, 3.63) is 47.5 Å². The summed E-state index contributed by atoms with van der Waals surface area (Å²) in [6.07, 6.45) is -8.09. The molecule has 0 saturated heterocycles. The number of carbonyl (C=O) groups is 2. The summed E-state index contributed by atoms with van der Waals surface area (Å²) in [5, 5.41) is 60.7. The molecule has 2 aromatic rings. The Bertz CT molecular complexity index is 832. The highest BCUT2D eigenvalue weighted by Crippen LogP contribution is 2.36. The van der Waals surface area contributed by atoms with E-state index in [2.05, 4.69) is 0 Å². The number of carboxylic acid groups (broad SMARTS) is 1. The summed E-state index contributed by atoms with van der Waals surface area (Å²) in [5.74, 6) is -1.28. The molecule has 0 aliphatic heterocycles. The zero-order valence-corrected chi connectivity index (χ0v) is 14.6. The average Bonchev–Trinajstić information content (AvgIpc) is 2.64. The molecule has 6 N–H and O–H groups in total. The first-order valence-corrected chi connectivity index (χ1v) is 8.25. The van der Waals surface area contributed by atoms with E-state index in [-0.39, 0.29) is 17.4 Å². The average molecular weight is 378 g/mol. The van der Waals surface area contributed by atoms with Gasteiger partial charge < -0.3 is 35.4 Å². The van der Waals surface area contributed by atoms with E-state index >= 15 is 0 Å². The van der Waals surface area contributed by atoms with Crippen molar-refractivity contribution < 1.29 is 40.2 Å². The number of hydrogen-bond donors (Lipinski definition) is 6. The number of aromatic carboxylic acids is 1. The van der Waals surface area contributed by atoms with Gasteiger partial charge in [0.1, 0.15) is 18.3 Å². The molecule has 0 amide bonds. The normalized spacial score (nSPS) is 18.3. The third-order valence-corrected chi connectivity index (χ3v) is 4.54. The minimum atomic E-state index is -1.96. The number of aldehydes is 1. The van der Waals surface area contributed by atoms with Gasteiger partial charge in [0.25, 0.3) is 0 Å². The van der Waals surface area contributed by atoms with Crippen molar-refractivity contribution in [1.29, 1.82) is 0 Å². The SMILES string of the molecule is CC(O)(C[C@H](O)[C@@H](O)[C@@H](O)[C@H](O)C=O)c1c(C(=O)O)ccc2ccccc12. The Kier molecular flexibility index (Phi) is 6.30. The number of rotatable bonds is 8. The summed E-state index contributed by atoms with van der Waals surface area (Å²) in [4.78, 5) is 22.2. The van der Waals surface area contributed by atoms with Crippen LogP contribution in [0.2, 0.25) is 0 Å². The van der Waals surface area contributed by atoms with Gasteiger partial charge in [-0.2, -0.15) is 0 Å². The van der Waals surface area contributed by atoms with Gasteiger partial charge in [-0.15, -0.1) is 0 Å². The Hall–Kier alpha value is -2.36. The first-order chi connectivity index (χ1) is 12.6. The van der Waals surface area contributed by atoms with Crippen LogP contribution in [-0.2, 0) is 10.4 Å². The summed E-state index contributed by atoms with van der Waals surface area (Å²) in [6.45, 7) is 1.28. The fourth-order valence-electron chi connectivity index (χ4n) is 3.17. The summed E-state index contributed by atoms with van der Waals surface area (Å²) in [7, 11) is 0. The van der Waals surface area contributed by atoms with Gasteiger partial charge >= 0.3 is 5.97 Å². The lowest BCUT2D eigenvalue weighted by Gasteiger charge is -2.32. The van der Waals surface area contributed by atoms with Gasteiger partial charge in [-0.05, 0) is 23.8 Å². The van der Waals surface area contributed by atoms with Crippen LogP contribution in [-0.4, -0.2) is 67.3 Å². The molecule has 27 heavy (non-hydrogen) atoms. The van der Waals surface area contributed by atoms with E-state index in [0.29, 0.717) is 10.8 Å². The summed E-state index contributed by atoms with van der Waals surface area (Å²) in [5.41, 5.74) is -2.03. The first kappa shape index (κ1) is 20.9. The molecule has 146 valence electrons. The second-order valence-electron chi connectivity index (χ2n) is 6.67. The fourth-order valence-corrected chi connectivity index (χ4v) is 3.17. The van der Waals surface area contributed by atoms with Crippen molar-refractivity contribution in [1.82, 2.24) is 0 Å². The molecule has 0 saturated carbocycles. The predicted octanol–water partition coefficient (Wildman–Crippen LogP) is -0.222. The van der Waals surface area contributed by atoms with Crippen molar-refractivity contribution in [2.75, 3.05) is 0 Å². The standard InChI is InChI=1S/C19H22O8/c1-19(27,8-13(21)16(23)17(24)14(22)9-20)15-11-5-3-2-4-10(11)6-7-12(15)18(25)26/h2-7,9,13-14,16-17,21-24,27H,8H2,1H3,(H,25,26)/t13-,14+,16+,17-,19?/m0/s1. The molecule has 0 spiro atoms. The number of benzene rings is 2. The highest BCUT2D eigenvalue weighted by Gasteiger charge is 2.38. The van der Waals surface area contributed by atoms with Crippen LogP contribution in [0.15, 0.2) is 36.4 Å². The molecular formula is C19H22O8. The number of carbonyl (C=O) groups excluding carboxylic acids is 1. The van der Waals surface area contributed by atoms with E-state index in [1.807, 2.05) is 0 Å². The van der Waals surface area contributed by atoms with Crippen molar-refractivity contribution in [2.24, 2.45) is 0 Å². The van der Waals surface area contributed by atoms with Gasteiger partial charge in [0.2, 0.25) is 0 Å². The van der Waals surface area contributed by atoms with E-state index in [4.69, 9.17) is 0 Å². The Balaban J connectivity index is 2.45. The van der Waals surface area contributed by atoms with Crippen LogP contribution in [0.1, 0.15) is 29.3 Å². The Morgan fingerprint density at radius 3 is 2.30 bits per heavy atom. The van der Waals surface area contributed by atoms with Gasteiger partial charge in [0, 0.05) is 12.0 Å². The maximum absolute atomic E-state index is 11.6. The lowest BCUT2D eigenvalue weighted by atomic mass is 9.81. The first-order valence-electron chi connectivity index (χ1n) is 8.25. The van der Waals surface area contributed by atoms with Gasteiger partial charge in [-0.25, -0.2) is 4.79 Å². The second kappa shape index (κ2) is 8.12. The second-order valence-corrected chi connectivity index (χ2v) is 6.67. The van der Waals surface area contributed by atoms with Crippen LogP contribution in [0.5, 0.6) is 0 Å². The number of hydrogen-bond acceptors (Lipinski definition) is 7. The molecule has 0 bridgehead atoms. The molecule has 8 heteroatoms. The van der Waals surface area contributed by atoms with Crippen LogP contribution in [0.25, 0.3) is 10.8 Å². The molecule has 8 nitrogen and oxygen atoms in total. The summed E-state index contributed by atoms with van der Waals surface area (Å²) >= 11 is 0. The zero-order chi connectivity index (χ0) is 20.4. The largest absolute Gasteiger partial charge is 0.478 e. The summed E-state index contributed by atoms with van der Waals surface area (Å²) < 4.78 is 0. The quantitative estimate of drug-likeness (QED) is 0.344. The molecule has 2 aromatic carbocycles. The van der Waals surface area contributed by atoms with E-state index in [1.165, 1.54) is 13.0 Å². The van der Waals surface area contributed by atoms with Crippen LogP contribution in [0.3, 0.4) is 0 Å². The third kappa shape index (κ3) is 4.32. The molecule has 0 fully saturated rings. The van der Waals surface area contributed by atoms with Crippen molar-refractivity contribution in [3.8, 4) is 0 Å². The lowest BCUT2D eigenvalue weighted by molar-refractivity contribution is -0.138. The van der Waals surface area contributed by atoms with E-state index in [0.717, 1.165) is 0 Å². The highest BCUT2D eigenvalue weighted by molar-refractivity contribution is 5.98.